The monoisotopic (exact) mass is 571 g/mol. The van der Waals surface area contributed by atoms with Crippen LogP contribution in [-0.2, 0) is 13.8 Å². The van der Waals surface area contributed by atoms with E-state index in [1.54, 1.807) is 0 Å². The third kappa shape index (κ3) is 3.63. The average Bonchev–Trinajstić information content (AvgIpc) is 3.64. The minimum atomic E-state index is -3.15. The van der Waals surface area contributed by atoms with Crippen LogP contribution in [0.15, 0.2) is 59.7 Å². The molecule has 6 atom stereocenters. The predicted octanol–water partition coefficient (Wildman–Crippen LogP) is 2.90. The van der Waals surface area contributed by atoms with E-state index < -0.39 is 51.0 Å². The first-order valence-electron chi connectivity index (χ1n) is 13.1. The quantitative estimate of drug-likeness (QED) is 0.172. The number of hydrogen-bond acceptors (Lipinski definition) is 10. The number of rotatable bonds is 6. The van der Waals surface area contributed by atoms with Gasteiger partial charge in [-0.3, -0.25) is 14.3 Å². The van der Waals surface area contributed by atoms with Crippen molar-refractivity contribution in [1.29, 1.82) is 0 Å². The van der Waals surface area contributed by atoms with Crippen LogP contribution in [0.1, 0.15) is 35.9 Å². The number of fused-ring (bicyclic) bond motifs is 1. The Morgan fingerprint density at radius 2 is 1.90 bits per heavy atom. The molecule has 0 bridgehead atoms. The fourth-order valence-electron chi connectivity index (χ4n) is 6.52. The zero-order valence-electron chi connectivity index (χ0n) is 21.2. The lowest BCUT2D eigenvalue weighted by Gasteiger charge is -2.19. The number of aromatic amines is 1. The summed E-state index contributed by atoms with van der Waals surface area (Å²) in [6, 6.07) is 15.8. The van der Waals surface area contributed by atoms with Crippen LogP contribution in [0.2, 0.25) is 0 Å². The van der Waals surface area contributed by atoms with E-state index in [9.17, 15) is 24.5 Å². The Hall–Kier alpha value is -4.03. The maximum absolute atomic E-state index is 13.0. The lowest BCUT2D eigenvalue weighted by atomic mass is 9.91. The van der Waals surface area contributed by atoms with E-state index >= 15 is 0 Å². The third-order valence-corrected chi connectivity index (χ3v) is 8.72. The van der Waals surface area contributed by atoms with Crippen LogP contribution >= 0.6 is 8.25 Å². The summed E-state index contributed by atoms with van der Waals surface area (Å²) in [5, 5.41) is 30.9. The second-order valence-corrected chi connectivity index (χ2v) is 11.1. The van der Waals surface area contributed by atoms with E-state index in [1.165, 1.54) is 10.9 Å². The van der Waals surface area contributed by atoms with Crippen LogP contribution in [0, 0.1) is 0 Å². The molecule has 3 heterocycles. The molecule has 0 amide bonds. The lowest BCUT2D eigenvalue weighted by molar-refractivity contribution is -0.191. The fraction of sp³-hybridized carbons (Fsp3) is 0.250. The van der Waals surface area contributed by atoms with Gasteiger partial charge in [-0.1, -0.05) is 42.5 Å². The van der Waals surface area contributed by atoms with Gasteiger partial charge in [0.1, 0.15) is 24.5 Å². The zero-order valence-corrected chi connectivity index (χ0v) is 22.1. The first-order valence-corrected chi connectivity index (χ1v) is 14.2. The molecule has 0 spiro atoms. The molecule has 41 heavy (non-hydrogen) atoms. The van der Waals surface area contributed by atoms with Crippen LogP contribution in [0.25, 0.3) is 43.5 Å². The van der Waals surface area contributed by atoms with Crippen molar-refractivity contribution in [1.82, 2.24) is 19.5 Å². The minimum absolute atomic E-state index is 0.0636. The normalized spacial score (nSPS) is 24.4. The molecular weight excluding hydrogens is 549 g/mol. The summed E-state index contributed by atoms with van der Waals surface area (Å²) in [5.41, 5.74) is 1.47. The molecule has 206 valence electrons. The summed E-state index contributed by atoms with van der Waals surface area (Å²) in [4.78, 5) is 35.6. The largest absolute Gasteiger partial charge is 0.566 e. The molecule has 1 saturated heterocycles. The number of H-pyrrole nitrogens is 1. The van der Waals surface area contributed by atoms with Crippen molar-refractivity contribution < 1.29 is 28.9 Å². The van der Waals surface area contributed by atoms with Gasteiger partial charge in [0.05, 0.1) is 19.0 Å². The Kier molecular flexibility index (Phi) is 5.42. The van der Waals surface area contributed by atoms with Crippen LogP contribution in [0.4, 0.5) is 5.95 Å². The van der Waals surface area contributed by atoms with Crippen molar-refractivity contribution in [2.45, 2.75) is 37.0 Å². The standard InChI is InChI=1S/C28H22N5O7P/c34-10-18-17(40-41(37)38)9-19(39-18)33-11-29-24-26(33)31-28(32-27(24)36)30-23-15-7-6-13-5-4-12-2-1-3-14-8-16(25(23)35)22(15)21(13)20(12)14/h1-8,11,17-19,23,25,34-35H,9-10H2,(H2,30,31,32,36)/t17-,18+,19+,23-,25+/m0/s1. The summed E-state index contributed by atoms with van der Waals surface area (Å²) >= 11 is 0. The molecule has 8 rings (SSSR count). The van der Waals surface area contributed by atoms with Gasteiger partial charge in [-0.05, 0) is 54.1 Å². The van der Waals surface area contributed by atoms with Gasteiger partial charge in [-0.2, -0.15) is 4.98 Å². The second-order valence-electron chi connectivity index (χ2n) is 10.5. The third-order valence-electron chi connectivity index (χ3n) is 8.28. The van der Waals surface area contributed by atoms with Crippen LogP contribution in [-0.4, -0.2) is 48.5 Å². The minimum Gasteiger partial charge on any atom is -0.566 e. The Balaban J connectivity index is 1.19. The molecule has 1 aliphatic heterocycles. The lowest BCUT2D eigenvalue weighted by Crippen LogP contribution is -2.26. The molecule has 1 unspecified atom stereocenters. The number of aromatic nitrogens is 4. The highest BCUT2D eigenvalue weighted by atomic mass is 31.1. The Bertz CT molecular complexity index is 2080. The summed E-state index contributed by atoms with van der Waals surface area (Å²) in [7, 11) is -3.15. The highest BCUT2D eigenvalue weighted by molar-refractivity contribution is 7.30. The molecule has 2 aliphatic rings. The van der Waals surface area contributed by atoms with E-state index in [2.05, 4.69) is 38.5 Å². The maximum atomic E-state index is 13.0. The van der Waals surface area contributed by atoms with Crippen molar-refractivity contribution in [3.05, 3.63) is 76.3 Å². The molecule has 1 fully saturated rings. The molecule has 4 N–H and O–H groups in total. The second kappa shape index (κ2) is 8.98. The average molecular weight is 571 g/mol. The molecule has 2 aromatic heterocycles. The van der Waals surface area contributed by atoms with Crippen molar-refractivity contribution in [3.8, 4) is 0 Å². The van der Waals surface area contributed by atoms with Gasteiger partial charge in [-0.25, -0.2) is 4.98 Å². The first-order chi connectivity index (χ1) is 19.9. The maximum Gasteiger partial charge on any atom is 0.488 e. The van der Waals surface area contributed by atoms with Gasteiger partial charge in [0.25, 0.3) is 5.56 Å². The number of nitrogens with one attached hydrogen (secondary N) is 2. The van der Waals surface area contributed by atoms with E-state index in [-0.39, 0.29) is 23.5 Å². The Labute approximate surface area is 231 Å². The van der Waals surface area contributed by atoms with Crippen molar-refractivity contribution in [3.63, 3.8) is 0 Å². The smallest absolute Gasteiger partial charge is 0.488 e. The molecule has 0 radical (unpaired) electrons. The first kappa shape index (κ1) is 24.7. The van der Waals surface area contributed by atoms with Gasteiger partial charge >= 0.3 is 8.25 Å². The molecule has 12 nitrogen and oxygen atoms in total. The molecule has 13 heteroatoms. The van der Waals surface area contributed by atoms with Gasteiger partial charge < -0.3 is 25.2 Å². The predicted molar refractivity (Wildman–Crippen MR) is 148 cm³/mol. The van der Waals surface area contributed by atoms with Gasteiger partial charge in [0.15, 0.2) is 11.2 Å². The topological polar surface area (TPSA) is 175 Å². The highest BCUT2D eigenvalue weighted by Gasteiger charge is 2.41. The SMILES string of the molecule is O=c1[nH]c(N[C@H]2c3ccc4ccc5cccc6cc(c3c4c56)[C@H]2O)nc2c1ncn2[C@H]1C[C@H](O[P+](=O)[O-])[C@@H](CO)O1. The van der Waals surface area contributed by atoms with Crippen molar-refractivity contribution in [2.75, 3.05) is 11.9 Å². The van der Waals surface area contributed by atoms with Gasteiger partial charge in [0, 0.05) is 6.42 Å². The molecule has 1 aliphatic carbocycles. The molecule has 4 aromatic carbocycles. The number of imidazole rings is 1. The molecule has 6 aromatic rings. The number of hydrogen-bond donors (Lipinski definition) is 4. The van der Waals surface area contributed by atoms with Crippen molar-refractivity contribution >= 4 is 57.7 Å². The number of aliphatic hydroxyl groups excluding tert-OH is 2. The van der Waals surface area contributed by atoms with Crippen molar-refractivity contribution in [2.24, 2.45) is 0 Å². The fourth-order valence-corrected chi connectivity index (χ4v) is 6.96. The van der Waals surface area contributed by atoms with Gasteiger partial charge in [-0.15, -0.1) is 4.52 Å². The van der Waals surface area contributed by atoms with Crippen LogP contribution in [0.3, 0.4) is 0 Å². The Morgan fingerprint density at radius 3 is 2.71 bits per heavy atom. The molecule has 0 saturated carbocycles. The van der Waals surface area contributed by atoms with Crippen LogP contribution < -0.4 is 15.8 Å². The molecular formula is C28H22N5O7P. The summed E-state index contributed by atoms with van der Waals surface area (Å²) in [6.07, 6.45) is -1.96. The number of nitrogens with zero attached hydrogens (tertiary/aromatic N) is 3. The van der Waals surface area contributed by atoms with E-state index in [0.717, 1.165) is 43.4 Å². The van der Waals surface area contributed by atoms with Crippen LogP contribution in [0.5, 0.6) is 0 Å². The number of anilines is 1. The summed E-state index contributed by atoms with van der Waals surface area (Å²) in [6.45, 7) is -0.447. The number of ether oxygens (including phenoxy) is 1. The van der Waals surface area contributed by atoms with E-state index in [0.29, 0.717) is 0 Å². The highest BCUT2D eigenvalue weighted by Crippen LogP contribution is 2.50. The van der Waals surface area contributed by atoms with E-state index in [1.807, 2.05) is 30.3 Å². The number of benzene rings is 4. The summed E-state index contributed by atoms with van der Waals surface area (Å²) < 4.78 is 23.4. The van der Waals surface area contributed by atoms with Gasteiger partial charge in [0.2, 0.25) is 5.95 Å². The zero-order chi connectivity index (χ0) is 28.0. The van der Waals surface area contributed by atoms with E-state index in [4.69, 9.17) is 9.26 Å². The Morgan fingerprint density at radius 1 is 1.12 bits per heavy atom. The summed E-state index contributed by atoms with van der Waals surface area (Å²) in [5.74, 6) is 0.128. The number of aliphatic hydroxyl groups is 2.